The van der Waals surface area contributed by atoms with Crippen LogP contribution in [0.1, 0.15) is 22.5 Å². The minimum atomic E-state index is -0.219. The highest BCUT2D eigenvalue weighted by molar-refractivity contribution is 5.82. The van der Waals surface area contributed by atoms with E-state index in [1.54, 1.807) is 60.7 Å². The molecule has 1 aromatic heterocycles. The largest absolute Gasteiger partial charge is 0.504 e. The van der Waals surface area contributed by atoms with Gasteiger partial charge in [-0.1, -0.05) is 24.3 Å². The van der Waals surface area contributed by atoms with Gasteiger partial charge >= 0.3 is 0 Å². The van der Waals surface area contributed by atoms with Gasteiger partial charge in [-0.3, -0.25) is 5.41 Å². The zero-order valence-corrected chi connectivity index (χ0v) is 16.5. The van der Waals surface area contributed by atoms with Gasteiger partial charge in [-0.05, 0) is 53.6 Å². The molecule has 0 saturated carbocycles. The standard InChI is InChI=1S/C22H22N4O4/c1-29-20-11-14(5-9-18(20)27)3-7-16-13-17(26(25-16)22(23)24)8-4-15-6-10-19(28)21(12-15)30-2/h3-13,27-28H,1-2H3,(H3,23,24)/b7-3+,8-4+. The van der Waals surface area contributed by atoms with Crippen LogP contribution in [0.2, 0.25) is 0 Å². The van der Waals surface area contributed by atoms with E-state index >= 15 is 0 Å². The molecule has 0 saturated heterocycles. The van der Waals surface area contributed by atoms with Crippen LogP contribution in [0.4, 0.5) is 0 Å². The van der Waals surface area contributed by atoms with Crippen LogP contribution < -0.4 is 15.2 Å². The van der Waals surface area contributed by atoms with Gasteiger partial charge < -0.3 is 25.4 Å². The second kappa shape index (κ2) is 8.87. The van der Waals surface area contributed by atoms with E-state index in [0.29, 0.717) is 22.9 Å². The number of hydrogen-bond donors (Lipinski definition) is 4. The molecule has 0 aliphatic carbocycles. The minimum Gasteiger partial charge on any atom is -0.504 e. The fourth-order valence-electron chi connectivity index (χ4n) is 2.77. The molecule has 1 heterocycles. The number of benzene rings is 2. The van der Waals surface area contributed by atoms with E-state index in [0.717, 1.165) is 11.1 Å². The monoisotopic (exact) mass is 406 g/mol. The number of phenolic OH excluding ortho intramolecular Hbond substituents is 2. The predicted octanol–water partition coefficient (Wildman–Crippen LogP) is 3.39. The van der Waals surface area contributed by atoms with Crippen LogP contribution in [0.25, 0.3) is 24.3 Å². The molecule has 8 nitrogen and oxygen atoms in total. The van der Waals surface area contributed by atoms with Crippen molar-refractivity contribution in [2.45, 2.75) is 0 Å². The molecule has 3 rings (SSSR count). The van der Waals surface area contributed by atoms with E-state index in [1.165, 1.54) is 18.9 Å². The molecule has 0 bridgehead atoms. The SMILES string of the molecule is COc1cc(/C=C/c2cc(/C=C/c3ccc(O)c(OC)c3)n(C(=N)N)n2)ccc1O. The summed E-state index contributed by atoms with van der Waals surface area (Å²) in [5, 5.41) is 31.5. The first-order valence-electron chi connectivity index (χ1n) is 8.96. The van der Waals surface area contributed by atoms with E-state index in [2.05, 4.69) is 5.10 Å². The Kier molecular flexibility index (Phi) is 6.07. The first-order valence-corrected chi connectivity index (χ1v) is 8.96. The van der Waals surface area contributed by atoms with Crippen LogP contribution in [-0.2, 0) is 0 Å². The first-order chi connectivity index (χ1) is 14.4. The number of hydrogen-bond acceptors (Lipinski definition) is 6. The van der Waals surface area contributed by atoms with Crippen molar-refractivity contribution in [3.8, 4) is 23.0 Å². The maximum atomic E-state index is 9.70. The van der Waals surface area contributed by atoms with Crippen molar-refractivity contribution < 1.29 is 19.7 Å². The highest BCUT2D eigenvalue weighted by Gasteiger charge is 2.07. The maximum Gasteiger partial charge on any atom is 0.214 e. The van der Waals surface area contributed by atoms with E-state index in [4.69, 9.17) is 20.6 Å². The molecule has 30 heavy (non-hydrogen) atoms. The number of phenols is 2. The Hall–Kier alpha value is -4.20. The number of aromatic hydroxyl groups is 2. The summed E-state index contributed by atoms with van der Waals surface area (Å²) in [6, 6.07) is 11.8. The van der Waals surface area contributed by atoms with E-state index in [9.17, 15) is 10.2 Å². The Morgan fingerprint density at radius 3 is 1.93 bits per heavy atom. The molecule has 0 aliphatic heterocycles. The quantitative estimate of drug-likeness (QED) is 0.367. The average Bonchev–Trinajstić information content (AvgIpc) is 3.16. The Bertz CT molecular complexity index is 1130. The molecule has 0 atom stereocenters. The smallest absolute Gasteiger partial charge is 0.214 e. The first kappa shape index (κ1) is 20.5. The average molecular weight is 406 g/mol. The van der Waals surface area contributed by atoms with Gasteiger partial charge in [0.25, 0.3) is 0 Å². The molecule has 154 valence electrons. The van der Waals surface area contributed by atoms with E-state index in [-0.39, 0.29) is 17.5 Å². The van der Waals surface area contributed by atoms with Crippen molar-refractivity contribution in [3.05, 3.63) is 65.0 Å². The third kappa shape index (κ3) is 4.61. The number of nitrogens with one attached hydrogen (secondary N) is 1. The number of aromatic nitrogens is 2. The molecule has 5 N–H and O–H groups in total. The third-order valence-electron chi connectivity index (χ3n) is 4.28. The van der Waals surface area contributed by atoms with Gasteiger partial charge in [0.1, 0.15) is 0 Å². The van der Waals surface area contributed by atoms with Crippen molar-refractivity contribution >= 4 is 30.3 Å². The van der Waals surface area contributed by atoms with Gasteiger partial charge in [-0.2, -0.15) is 5.10 Å². The zero-order valence-electron chi connectivity index (χ0n) is 16.5. The van der Waals surface area contributed by atoms with Crippen molar-refractivity contribution in [2.24, 2.45) is 5.73 Å². The molecule has 0 aliphatic rings. The molecular weight excluding hydrogens is 384 g/mol. The topological polar surface area (TPSA) is 127 Å². The summed E-state index contributed by atoms with van der Waals surface area (Å²) < 4.78 is 11.5. The Labute approximate surface area is 173 Å². The van der Waals surface area contributed by atoms with Crippen molar-refractivity contribution in [1.29, 1.82) is 5.41 Å². The number of nitrogens with zero attached hydrogens (tertiary/aromatic N) is 2. The lowest BCUT2D eigenvalue weighted by molar-refractivity contribution is 0.373. The fourth-order valence-corrected chi connectivity index (χ4v) is 2.77. The van der Waals surface area contributed by atoms with Gasteiger partial charge in [-0.25, -0.2) is 4.68 Å². The van der Waals surface area contributed by atoms with Crippen molar-refractivity contribution in [2.75, 3.05) is 14.2 Å². The molecule has 8 heteroatoms. The molecular formula is C22H22N4O4. The Balaban J connectivity index is 1.87. The van der Waals surface area contributed by atoms with Crippen LogP contribution in [0.3, 0.4) is 0 Å². The molecule has 0 unspecified atom stereocenters. The lowest BCUT2D eigenvalue weighted by atomic mass is 10.1. The molecule has 2 aromatic carbocycles. The van der Waals surface area contributed by atoms with E-state index in [1.807, 2.05) is 6.08 Å². The van der Waals surface area contributed by atoms with Gasteiger partial charge in [0.05, 0.1) is 25.6 Å². The van der Waals surface area contributed by atoms with Crippen LogP contribution in [0, 0.1) is 5.41 Å². The molecule has 0 fully saturated rings. The summed E-state index contributed by atoms with van der Waals surface area (Å²) in [6.45, 7) is 0. The minimum absolute atomic E-state index is 0.0571. The normalized spacial score (nSPS) is 11.3. The Morgan fingerprint density at radius 1 is 0.900 bits per heavy atom. The summed E-state index contributed by atoms with van der Waals surface area (Å²) in [6.07, 6.45) is 7.15. The zero-order chi connectivity index (χ0) is 21.7. The van der Waals surface area contributed by atoms with Crippen LogP contribution in [0.5, 0.6) is 23.0 Å². The molecule has 0 amide bonds. The van der Waals surface area contributed by atoms with Gasteiger partial charge in [-0.15, -0.1) is 0 Å². The molecule has 0 radical (unpaired) electrons. The van der Waals surface area contributed by atoms with Gasteiger partial charge in [0.2, 0.25) is 5.96 Å². The van der Waals surface area contributed by atoms with Crippen LogP contribution in [0.15, 0.2) is 42.5 Å². The summed E-state index contributed by atoms with van der Waals surface area (Å²) >= 11 is 0. The number of nitrogen functional groups attached to an aromatic ring is 1. The lowest BCUT2D eigenvalue weighted by Gasteiger charge is -2.04. The predicted molar refractivity (Wildman–Crippen MR) is 117 cm³/mol. The second-order valence-corrected chi connectivity index (χ2v) is 6.32. The summed E-state index contributed by atoms with van der Waals surface area (Å²) in [5.74, 6) is 0.643. The van der Waals surface area contributed by atoms with Crippen LogP contribution >= 0.6 is 0 Å². The van der Waals surface area contributed by atoms with Gasteiger partial charge in [0.15, 0.2) is 23.0 Å². The third-order valence-corrected chi connectivity index (χ3v) is 4.28. The molecule has 3 aromatic rings. The maximum absolute atomic E-state index is 9.70. The number of methoxy groups -OCH3 is 2. The van der Waals surface area contributed by atoms with Crippen molar-refractivity contribution in [1.82, 2.24) is 9.78 Å². The van der Waals surface area contributed by atoms with Gasteiger partial charge in [0, 0.05) is 0 Å². The molecule has 0 spiro atoms. The second-order valence-electron chi connectivity index (χ2n) is 6.32. The highest BCUT2D eigenvalue weighted by Crippen LogP contribution is 2.28. The van der Waals surface area contributed by atoms with Crippen molar-refractivity contribution in [3.63, 3.8) is 0 Å². The number of ether oxygens (including phenoxy) is 2. The number of rotatable bonds is 6. The summed E-state index contributed by atoms with van der Waals surface area (Å²) in [4.78, 5) is 0. The van der Waals surface area contributed by atoms with Crippen LogP contribution in [-0.4, -0.2) is 40.2 Å². The summed E-state index contributed by atoms with van der Waals surface area (Å²) in [5.41, 5.74) is 8.47. The fraction of sp³-hybridized carbons (Fsp3) is 0.0909. The summed E-state index contributed by atoms with van der Waals surface area (Å²) in [7, 11) is 2.97. The highest BCUT2D eigenvalue weighted by atomic mass is 16.5. The van der Waals surface area contributed by atoms with E-state index < -0.39 is 0 Å². The lowest BCUT2D eigenvalue weighted by Crippen LogP contribution is -2.23. The Morgan fingerprint density at radius 2 is 1.43 bits per heavy atom. The number of nitrogens with two attached hydrogens (primary N) is 1.